The van der Waals surface area contributed by atoms with E-state index in [1.807, 2.05) is 55.4 Å². The molecule has 0 saturated heterocycles. The minimum atomic E-state index is -1.06. The number of hydrogen-bond donors (Lipinski definition) is 0. The molecule has 0 spiro atoms. The van der Waals surface area contributed by atoms with E-state index in [4.69, 9.17) is 19.6 Å². The Morgan fingerprint density at radius 1 is 0.333 bits per heavy atom. The molecule has 0 aliphatic rings. The predicted molar refractivity (Wildman–Crippen MR) is 99.3 cm³/mol. The third kappa shape index (κ3) is 5.69. The molecule has 0 aromatic carbocycles. The highest BCUT2D eigenvalue weighted by Crippen LogP contribution is 2.42. The van der Waals surface area contributed by atoms with Crippen LogP contribution in [0.5, 0.6) is 0 Å². The second kappa shape index (κ2) is 6.86. The zero-order chi connectivity index (χ0) is 19.8. The van der Waals surface area contributed by atoms with E-state index in [0.29, 0.717) is 0 Å². The SMILES string of the molecule is CC(C)(C)C(C)(C)OOC(C)(OOC(C)(C)C(C)(C)C)C(C)(C)C. The van der Waals surface area contributed by atoms with Gasteiger partial charge < -0.3 is 0 Å². The van der Waals surface area contributed by atoms with Gasteiger partial charge in [0.2, 0.25) is 5.79 Å². The van der Waals surface area contributed by atoms with Gasteiger partial charge in [-0.1, -0.05) is 62.3 Å². The quantitative estimate of drug-likeness (QED) is 0.321. The van der Waals surface area contributed by atoms with Crippen LogP contribution in [0.1, 0.15) is 96.9 Å². The predicted octanol–water partition coefficient (Wildman–Crippen LogP) is 6.29. The van der Waals surface area contributed by atoms with Crippen molar-refractivity contribution in [2.24, 2.45) is 16.2 Å². The molecule has 146 valence electrons. The van der Waals surface area contributed by atoms with Crippen molar-refractivity contribution >= 4 is 0 Å². The first-order valence-electron chi connectivity index (χ1n) is 8.90. The van der Waals surface area contributed by atoms with Crippen LogP contribution >= 0.6 is 0 Å². The molecule has 0 aliphatic heterocycles. The van der Waals surface area contributed by atoms with E-state index in [-0.39, 0.29) is 16.2 Å². The highest BCUT2D eigenvalue weighted by atomic mass is 17.3. The van der Waals surface area contributed by atoms with E-state index in [9.17, 15) is 0 Å². The molecule has 4 heteroatoms. The summed E-state index contributed by atoms with van der Waals surface area (Å²) in [7, 11) is 0. The van der Waals surface area contributed by atoms with E-state index in [1.54, 1.807) is 0 Å². The topological polar surface area (TPSA) is 36.9 Å². The van der Waals surface area contributed by atoms with Gasteiger partial charge in [-0.05, 0) is 45.4 Å². The highest BCUT2D eigenvalue weighted by molar-refractivity contribution is 4.85. The summed E-state index contributed by atoms with van der Waals surface area (Å²) in [6, 6.07) is 0. The summed E-state index contributed by atoms with van der Waals surface area (Å²) in [5.41, 5.74) is -1.49. The highest BCUT2D eigenvalue weighted by Gasteiger charge is 2.48. The zero-order valence-electron chi connectivity index (χ0n) is 18.6. The Hall–Kier alpha value is -0.160. The monoisotopic (exact) mass is 346 g/mol. The van der Waals surface area contributed by atoms with Crippen molar-refractivity contribution in [3.05, 3.63) is 0 Å². The van der Waals surface area contributed by atoms with Crippen LogP contribution in [0.3, 0.4) is 0 Å². The van der Waals surface area contributed by atoms with Gasteiger partial charge in [0.25, 0.3) is 0 Å². The minimum Gasteiger partial charge on any atom is -0.227 e. The first kappa shape index (κ1) is 23.8. The van der Waals surface area contributed by atoms with Crippen molar-refractivity contribution in [2.45, 2.75) is 114 Å². The van der Waals surface area contributed by atoms with Crippen LogP contribution in [0.25, 0.3) is 0 Å². The second-order valence-corrected chi connectivity index (χ2v) is 11.0. The van der Waals surface area contributed by atoms with Crippen LogP contribution in [-0.2, 0) is 19.6 Å². The van der Waals surface area contributed by atoms with Crippen molar-refractivity contribution in [1.82, 2.24) is 0 Å². The fourth-order valence-electron chi connectivity index (χ4n) is 0.881. The fourth-order valence-corrected chi connectivity index (χ4v) is 0.881. The molecule has 0 aromatic rings. The lowest BCUT2D eigenvalue weighted by atomic mass is 9.79. The van der Waals surface area contributed by atoms with Gasteiger partial charge >= 0.3 is 0 Å². The molecule has 4 nitrogen and oxygen atoms in total. The third-order valence-electron chi connectivity index (χ3n) is 5.79. The molecule has 0 rings (SSSR count). The van der Waals surface area contributed by atoms with Crippen molar-refractivity contribution < 1.29 is 19.6 Å². The van der Waals surface area contributed by atoms with Crippen molar-refractivity contribution in [2.75, 3.05) is 0 Å². The van der Waals surface area contributed by atoms with Crippen molar-refractivity contribution in [3.8, 4) is 0 Å². The lowest BCUT2D eigenvalue weighted by Gasteiger charge is -2.45. The molecule has 0 amide bonds. The Labute approximate surface area is 150 Å². The Balaban J connectivity index is 5.28. The number of rotatable bonds is 6. The van der Waals surface area contributed by atoms with Crippen LogP contribution in [0.4, 0.5) is 0 Å². The maximum Gasteiger partial charge on any atom is 0.235 e. The molecule has 0 aromatic heterocycles. The number of hydrogen-bond acceptors (Lipinski definition) is 4. The zero-order valence-corrected chi connectivity index (χ0v) is 18.6. The van der Waals surface area contributed by atoms with Crippen LogP contribution in [0, 0.1) is 16.2 Å². The second-order valence-electron chi connectivity index (χ2n) is 11.0. The standard InChI is InChI=1S/C20H42O4/c1-15(2,3)18(10,11)21-23-20(14,17(7,8)9)24-22-19(12,13)16(4,5)6/h1-14H3. The van der Waals surface area contributed by atoms with Crippen molar-refractivity contribution in [3.63, 3.8) is 0 Å². The van der Waals surface area contributed by atoms with Gasteiger partial charge in [-0.15, -0.1) is 0 Å². The van der Waals surface area contributed by atoms with Crippen LogP contribution in [0.15, 0.2) is 0 Å². The summed E-state index contributed by atoms with van der Waals surface area (Å²) in [4.78, 5) is 23.4. The van der Waals surface area contributed by atoms with E-state index >= 15 is 0 Å². The average Bonchev–Trinajstić information content (AvgIpc) is 2.30. The molecular weight excluding hydrogens is 304 g/mol. The molecule has 0 bridgehead atoms. The lowest BCUT2D eigenvalue weighted by Crippen LogP contribution is -2.51. The van der Waals surface area contributed by atoms with Gasteiger partial charge in [0.05, 0.1) is 0 Å². The molecular formula is C20H42O4. The van der Waals surface area contributed by atoms with E-state index in [0.717, 1.165) is 0 Å². The normalized spacial score (nSPS) is 15.8. The summed E-state index contributed by atoms with van der Waals surface area (Å²) >= 11 is 0. The van der Waals surface area contributed by atoms with E-state index in [2.05, 4.69) is 41.5 Å². The largest absolute Gasteiger partial charge is 0.235 e. The van der Waals surface area contributed by atoms with Crippen molar-refractivity contribution in [1.29, 1.82) is 0 Å². The Kier molecular flexibility index (Phi) is 6.82. The minimum absolute atomic E-state index is 0.0860. The Morgan fingerprint density at radius 3 is 0.750 bits per heavy atom. The van der Waals surface area contributed by atoms with Gasteiger partial charge in [0.15, 0.2) is 0 Å². The third-order valence-corrected chi connectivity index (χ3v) is 5.79. The Morgan fingerprint density at radius 2 is 0.583 bits per heavy atom. The molecule has 0 unspecified atom stereocenters. The molecule has 0 atom stereocenters. The van der Waals surface area contributed by atoms with Gasteiger partial charge in [-0.2, -0.15) is 9.78 Å². The van der Waals surface area contributed by atoms with Crippen LogP contribution < -0.4 is 0 Å². The van der Waals surface area contributed by atoms with E-state index in [1.165, 1.54) is 0 Å². The smallest absolute Gasteiger partial charge is 0.227 e. The molecule has 0 saturated carbocycles. The molecule has 0 fully saturated rings. The molecule has 0 aliphatic carbocycles. The molecule has 0 heterocycles. The lowest BCUT2D eigenvalue weighted by molar-refractivity contribution is -0.565. The molecule has 24 heavy (non-hydrogen) atoms. The summed E-state index contributed by atoms with van der Waals surface area (Å²) in [5.74, 6) is -1.06. The van der Waals surface area contributed by atoms with Gasteiger partial charge in [0, 0.05) is 5.41 Å². The first-order chi connectivity index (χ1) is 10.2. The molecule has 0 radical (unpaired) electrons. The fraction of sp³-hybridized carbons (Fsp3) is 1.00. The first-order valence-corrected chi connectivity index (χ1v) is 8.90. The van der Waals surface area contributed by atoms with Crippen LogP contribution in [0.2, 0.25) is 0 Å². The summed E-state index contributed by atoms with van der Waals surface area (Å²) in [6.45, 7) is 28.7. The summed E-state index contributed by atoms with van der Waals surface area (Å²) < 4.78 is 0. The summed E-state index contributed by atoms with van der Waals surface area (Å²) in [5, 5.41) is 0. The van der Waals surface area contributed by atoms with Crippen LogP contribution in [-0.4, -0.2) is 17.0 Å². The maximum atomic E-state index is 5.85. The average molecular weight is 347 g/mol. The van der Waals surface area contributed by atoms with Gasteiger partial charge in [-0.3, -0.25) is 0 Å². The van der Waals surface area contributed by atoms with Gasteiger partial charge in [0.1, 0.15) is 11.2 Å². The molecule has 0 N–H and O–H groups in total. The maximum absolute atomic E-state index is 5.85. The van der Waals surface area contributed by atoms with Gasteiger partial charge in [-0.25, -0.2) is 9.78 Å². The summed E-state index contributed by atoms with van der Waals surface area (Å²) in [6.07, 6.45) is 0. The van der Waals surface area contributed by atoms with E-state index < -0.39 is 17.0 Å². The Bertz CT molecular complexity index is 373.